The van der Waals surface area contributed by atoms with Crippen LogP contribution < -0.4 is 5.32 Å². The predicted molar refractivity (Wildman–Crippen MR) is 74.2 cm³/mol. The van der Waals surface area contributed by atoms with E-state index in [1.54, 1.807) is 0 Å². The maximum absolute atomic E-state index is 6.18. The number of ether oxygens (including phenoxy) is 1. The fraction of sp³-hybridized carbons (Fsp3) is 0.867. The molecular weight excluding hydrogens is 210 g/mol. The Hall–Kier alpha value is -0.340. The van der Waals surface area contributed by atoms with Gasteiger partial charge in [0.05, 0.1) is 11.2 Å². The van der Waals surface area contributed by atoms with E-state index < -0.39 is 0 Å². The fourth-order valence-electron chi connectivity index (χ4n) is 3.13. The Morgan fingerprint density at radius 2 is 2.06 bits per heavy atom. The summed E-state index contributed by atoms with van der Waals surface area (Å²) in [5.74, 6) is 0.557. The molecule has 2 heteroatoms. The van der Waals surface area contributed by atoms with E-state index in [2.05, 4.69) is 46.5 Å². The molecule has 100 valence electrons. The second-order valence-corrected chi connectivity index (χ2v) is 6.36. The highest BCUT2D eigenvalue weighted by molar-refractivity contribution is 5.00. The van der Waals surface area contributed by atoms with Crippen molar-refractivity contribution >= 4 is 0 Å². The van der Waals surface area contributed by atoms with E-state index in [1.807, 2.05) is 6.08 Å². The van der Waals surface area contributed by atoms with Crippen LogP contribution in [0.1, 0.15) is 53.9 Å². The molecule has 0 aromatic carbocycles. The van der Waals surface area contributed by atoms with Gasteiger partial charge in [-0.3, -0.25) is 0 Å². The highest BCUT2D eigenvalue weighted by atomic mass is 16.5. The third-order valence-electron chi connectivity index (χ3n) is 3.71. The Kier molecular flexibility index (Phi) is 4.79. The smallest absolute Gasteiger partial charge is 0.0677 e. The van der Waals surface area contributed by atoms with Gasteiger partial charge in [0.15, 0.2) is 0 Å². The van der Waals surface area contributed by atoms with Gasteiger partial charge >= 0.3 is 0 Å². The van der Waals surface area contributed by atoms with Gasteiger partial charge < -0.3 is 10.1 Å². The van der Waals surface area contributed by atoms with Crippen molar-refractivity contribution < 1.29 is 4.74 Å². The lowest BCUT2D eigenvalue weighted by Crippen LogP contribution is -2.44. The zero-order valence-electron chi connectivity index (χ0n) is 12.2. The molecule has 1 N–H and O–H groups in total. The van der Waals surface area contributed by atoms with Gasteiger partial charge in [0, 0.05) is 12.0 Å². The molecule has 1 aliphatic rings. The molecule has 1 fully saturated rings. The molecule has 17 heavy (non-hydrogen) atoms. The molecule has 1 heterocycles. The molecule has 0 aromatic rings. The Morgan fingerprint density at radius 3 is 2.47 bits per heavy atom. The van der Waals surface area contributed by atoms with Crippen LogP contribution in [0.15, 0.2) is 12.7 Å². The van der Waals surface area contributed by atoms with E-state index in [1.165, 1.54) is 6.42 Å². The highest BCUT2D eigenvalue weighted by Gasteiger charge is 2.48. The summed E-state index contributed by atoms with van der Waals surface area (Å²) < 4.78 is 6.18. The van der Waals surface area contributed by atoms with E-state index in [4.69, 9.17) is 4.74 Å². The van der Waals surface area contributed by atoms with Crippen molar-refractivity contribution in [2.24, 2.45) is 5.92 Å². The Balaban J connectivity index is 2.75. The molecule has 2 nitrogen and oxygen atoms in total. The van der Waals surface area contributed by atoms with Crippen molar-refractivity contribution in [1.82, 2.24) is 5.32 Å². The van der Waals surface area contributed by atoms with Crippen molar-refractivity contribution in [3.63, 3.8) is 0 Å². The lowest BCUT2D eigenvalue weighted by Gasteiger charge is -2.33. The van der Waals surface area contributed by atoms with Crippen LogP contribution in [-0.4, -0.2) is 23.8 Å². The first-order valence-electron chi connectivity index (χ1n) is 6.87. The van der Waals surface area contributed by atoms with Crippen LogP contribution in [0.4, 0.5) is 0 Å². The molecule has 1 aliphatic heterocycles. The SMILES string of the molecule is C=CCC(NCCC)C1CC(C)(C)OC1(C)C. The van der Waals surface area contributed by atoms with Crippen LogP contribution in [0, 0.1) is 5.92 Å². The maximum Gasteiger partial charge on any atom is 0.0677 e. The van der Waals surface area contributed by atoms with Crippen molar-refractivity contribution in [2.75, 3.05) is 6.54 Å². The minimum atomic E-state index is -0.0437. The minimum absolute atomic E-state index is 0.00147. The largest absolute Gasteiger partial charge is 0.369 e. The topological polar surface area (TPSA) is 21.3 Å². The van der Waals surface area contributed by atoms with Gasteiger partial charge in [-0.15, -0.1) is 6.58 Å². The zero-order valence-corrected chi connectivity index (χ0v) is 12.2. The first-order valence-corrected chi connectivity index (χ1v) is 6.87. The average molecular weight is 239 g/mol. The highest BCUT2D eigenvalue weighted by Crippen LogP contribution is 2.44. The molecule has 0 radical (unpaired) electrons. The van der Waals surface area contributed by atoms with Gasteiger partial charge in [-0.1, -0.05) is 13.0 Å². The van der Waals surface area contributed by atoms with Gasteiger partial charge in [0.25, 0.3) is 0 Å². The van der Waals surface area contributed by atoms with Gasteiger partial charge in [0.2, 0.25) is 0 Å². The molecule has 0 saturated carbocycles. The Labute approximate surface area is 107 Å². The molecule has 2 unspecified atom stereocenters. The van der Waals surface area contributed by atoms with Crippen molar-refractivity contribution in [3.8, 4) is 0 Å². The summed E-state index contributed by atoms with van der Waals surface area (Å²) in [6.07, 6.45) is 5.34. The van der Waals surface area contributed by atoms with Crippen LogP contribution in [-0.2, 0) is 4.74 Å². The summed E-state index contributed by atoms with van der Waals surface area (Å²) in [6, 6.07) is 0.490. The maximum atomic E-state index is 6.18. The molecular formula is C15H29NO. The summed E-state index contributed by atoms with van der Waals surface area (Å²) >= 11 is 0. The number of hydrogen-bond acceptors (Lipinski definition) is 2. The predicted octanol–water partition coefficient (Wildman–Crippen LogP) is 3.52. The van der Waals surface area contributed by atoms with Crippen LogP contribution in [0.3, 0.4) is 0 Å². The molecule has 2 atom stereocenters. The lowest BCUT2D eigenvalue weighted by molar-refractivity contribution is -0.0775. The monoisotopic (exact) mass is 239 g/mol. The third kappa shape index (κ3) is 3.82. The standard InChI is InChI=1S/C15H29NO/c1-7-9-13(16-10-8-2)12-11-14(3,4)17-15(12,5)6/h7,12-13,16H,1,8-11H2,2-6H3. The van der Waals surface area contributed by atoms with Crippen LogP contribution in [0.2, 0.25) is 0 Å². The number of nitrogens with one attached hydrogen (secondary N) is 1. The van der Waals surface area contributed by atoms with E-state index >= 15 is 0 Å². The lowest BCUT2D eigenvalue weighted by atomic mass is 9.80. The summed E-state index contributed by atoms with van der Waals surface area (Å²) in [7, 11) is 0. The van der Waals surface area contributed by atoms with Gasteiger partial charge in [-0.05, 0) is 53.5 Å². The fourth-order valence-corrected chi connectivity index (χ4v) is 3.13. The van der Waals surface area contributed by atoms with Crippen LogP contribution in [0.5, 0.6) is 0 Å². The molecule has 0 bridgehead atoms. The molecule has 0 spiro atoms. The van der Waals surface area contributed by atoms with Gasteiger partial charge in [-0.25, -0.2) is 0 Å². The van der Waals surface area contributed by atoms with E-state index in [0.717, 1.165) is 19.4 Å². The average Bonchev–Trinajstić information content (AvgIpc) is 2.41. The third-order valence-corrected chi connectivity index (χ3v) is 3.71. The normalized spacial score (nSPS) is 27.9. The summed E-state index contributed by atoms with van der Waals surface area (Å²) in [4.78, 5) is 0. The van der Waals surface area contributed by atoms with Crippen molar-refractivity contribution in [2.45, 2.75) is 71.1 Å². The van der Waals surface area contributed by atoms with Gasteiger partial charge in [0.1, 0.15) is 0 Å². The second-order valence-electron chi connectivity index (χ2n) is 6.36. The second kappa shape index (κ2) is 5.53. The van der Waals surface area contributed by atoms with Crippen LogP contribution >= 0.6 is 0 Å². The number of rotatable bonds is 6. The first-order chi connectivity index (χ1) is 7.82. The van der Waals surface area contributed by atoms with Crippen molar-refractivity contribution in [1.29, 1.82) is 0 Å². The minimum Gasteiger partial charge on any atom is -0.369 e. The molecule has 0 amide bonds. The molecule has 0 aliphatic carbocycles. The molecule has 1 rings (SSSR count). The van der Waals surface area contributed by atoms with E-state index in [9.17, 15) is 0 Å². The summed E-state index contributed by atoms with van der Waals surface area (Å²) in [5, 5.41) is 3.65. The van der Waals surface area contributed by atoms with Gasteiger partial charge in [-0.2, -0.15) is 0 Å². The first kappa shape index (κ1) is 14.7. The van der Waals surface area contributed by atoms with E-state index in [-0.39, 0.29) is 11.2 Å². The molecule has 0 aromatic heterocycles. The Bertz CT molecular complexity index is 258. The van der Waals surface area contributed by atoms with E-state index in [0.29, 0.717) is 12.0 Å². The quantitative estimate of drug-likeness (QED) is 0.716. The zero-order chi connectivity index (χ0) is 13.1. The number of hydrogen-bond donors (Lipinski definition) is 1. The summed E-state index contributed by atoms with van der Waals surface area (Å²) in [6.45, 7) is 16.0. The van der Waals surface area contributed by atoms with Crippen LogP contribution in [0.25, 0.3) is 0 Å². The Morgan fingerprint density at radius 1 is 1.41 bits per heavy atom. The molecule has 1 saturated heterocycles. The summed E-state index contributed by atoms with van der Waals surface area (Å²) in [5.41, 5.74) is -0.0423. The van der Waals surface area contributed by atoms with Crippen molar-refractivity contribution in [3.05, 3.63) is 12.7 Å².